The molecular weight excluding hydrogens is 460 g/mol. The number of aliphatic hydroxyl groups is 2. The number of hydrogen-bond acceptors (Lipinski definition) is 7. The second-order valence-electron chi connectivity index (χ2n) is 12.6. The third-order valence-electron chi connectivity index (χ3n) is 11.2. The van der Waals surface area contributed by atoms with Crippen LogP contribution >= 0.6 is 0 Å². The summed E-state index contributed by atoms with van der Waals surface area (Å²) in [5.74, 6) is 2.08. The van der Waals surface area contributed by atoms with Crippen LogP contribution in [0.4, 0.5) is 0 Å². The van der Waals surface area contributed by atoms with Gasteiger partial charge in [0.2, 0.25) is 0 Å². The normalized spacial score (nSPS) is 52.4. The van der Waals surface area contributed by atoms with Gasteiger partial charge < -0.3 is 29.2 Å². The Morgan fingerprint density at radius 2 is 1.83 bits per heavy atom. The fourth-order valence-corrected chi connectivity index (χ4v) is 9.35. The van der Waals surface area contributed by atoms with Crippen molar-refractivity contribution in [3.8, 4) is 0 Å². The van der Waals surface area contributed by atoms with E-state index < -0.39 is 36.7 Å². The highest BCUT2D eigenvalue weighted by atomic mass is 16.7. The van der Waals surface area contributed by atoms with Crippen LogP contribution in [0, 0.1) is 40.4 Å². The van der Waals surface area contributed by atoms with Crippen molar-refractivity contribution < 1.29 is 34.0 Å². The maximum Gasteiger partial charge on any atom is 0.303 e. The Labute approximate surface area is 214 Å². The quantitative estimate of drug-likeness (QED) is 0.254. The molecular formula is C29H44O7. The summed E-state index contributed by atoms with van der Waals surface area (Å²) in [6, 6.07) is 0. The fraction of sp³-hybridized carbons (Fsp3) is 0.862. The molecule has 0 radical (unpaired) electrons. The van der Waals surface area contributed by atoms with E-state index in [4.69, 9.17) is 14.2 Å². The highest BCUT2D eigenvalue weighted by Crippen LogP contribution is 2.67. The van der Waals surface area contributed by atoms with Crippen LogP contribution in [-0.4, -0.2) is 59.3 Å². The molecule has 0 aromatic heterocycles. The molecule has 0 amide bonds. The maximum atomic E-state index is 12.8. The Hall–Kier alpha value is -1.28. The van der Waals surface area contributed by atoms with E-state index in [1.165, 1.54) is 38.9 Å². The van der Waals surface area contributed by atoms with Gasteiger partial charge in [0.25, 0.3) is 0 Å². The highest BCUT2D eigenvalue weighted by molar-refractivity contribution is 5.66. The highest BCUT2D eigenvalue weighted by Gasteiger charge is 2.61. The van der Waals surface area contributed by atoms with Crippen LogP contribution in [0.5, 0.6) is 0 Å². The topological polar surface area (TPSA) is 102 Å². The van der Waals surface area contributed by atoms with Crippen molar-refractivity contribution in [3.63, 3.8) is 0 Å². The van der Waals surface area contributed by atoms with E-state index in [1.54, 1.807) is 6.92 Å². The van der Waals surface area contributed by atoms with Crippen LogP contribution < -0.4 is 0 Å². The van der Waals surface area contributed by atoms with E-state index in [2.05, 4.69) is 19.6 Å². The second-order valence-corrected chi connectivity index (χ2v) is 12.6. The predicted molar refractivity (Wildman–Crippen MR) is 133 cm³/mol. The first kappa shape index (κ1) is 26.3. The number of fused-ring (bicyclic) bond motifs is 5. The number of allylic oxidation sites excluding steroid dienone is 1. The number of ether oxygens (including phenoxy) is 3. The summed E-state index contributed by atoms with van der Waals surface area (Å²) in [5.41, 5.74) is 0.0474. The zero-order valence-electron chi connectivity index (χ0n) is 22.0. The van der Waals surface area contributed by atoms with Gasteiger partial charge in [0.15, 0.2) is 12.4 Å². The van der Waals surface area contributed by atoms with Crippen LogP contribution in [-0.2, 0) is 23.8 Å². The summed E-state index contributed by atoms with van der Waals surface area (Å²) in [4.78, 5) is 24.2. The van der Waals surface area contributed by atoms with Gasteiger partial charge in [-0.2, -0.15) is 0 Å². The third kappa shape index (κ3) is 4.09. The molecule has 0 unspecified atom stereocenters. The van der Waals surface area contributed by atoms with E-state index in [0.29, 0.717) is 29.1 Å². The van der Waals surface area contributed by atoms with Crippen molar-refractivity contribution in [1.82, 2.24) is 0 Å². The molecule has 0 aromatic carbocycles. The molecule has 0 aromatic rings. The minimum absolute atomic E-state index is 0.144. The van der Waals surface area contributed by atoms with Crippen molar-refractivity contribution in [1.29, 1.82) is 0 Å². The summed E-state index contributed by atoms with van der Waals surface area (Å²) in [6.07, 6.45) is 7.51. The lowest BCUT2D eigenvalue weighted by atomic mass is 9.44. The molecule has 4 aliphatic carbocycles. The lowest BCUT2D eigenvalue weighted by Crippen LogP contribution is -2.60. The van der Waals surface area contributed by atoms with Gasteiger partial charge >= 0.3 is 5.97 Å². The minimum Gasteiger partial charge on any atom is -0.457 e. The molecule has 1 aliphatic heterocycles. The number of carbonyl (C=O) groups is 2. The third-order valence-corrected chi connectivity index (χ3v) is 11.2. The van der Waals surface area contributed by atoms with Gasteiger partial charge in [0.05, 0.1) is 12.2 Å². The van der Waals surface area contributed by atoms with Crippen LogP contribution in [0.1, 0.15) is 78.6 Å². The van der Waals surface area contributed by atoms with Crippen LogP contribution in [0.15, 0.2) is 12.7 Å². The Kier molecular flexibility index (Phi) is 7.16. The van der Waals surface area contributed by atoms with Gasteiger partial charge in [-0.25, -0.2) is 0 Å². The second kappa shape index (κ2) is 9.79. The van der Waals surface area contributed by atoms with Gasteiger partial charge in [-0.15, -0.1) is 6.58 Å². The molecule has 13 atom stereocenters. The van der Waals surface area contributed by atoms with Crippen molar-refractivity contribution >= 4 is 12.3 Å². The average Bonchev–Trinajstić information content (AvgIpc) is 3.21. The smallest absolute Gasteiger partial charge is 0.303 e. The van der Waals surface area contributed by atoms with Gasteiger partial charge in [-0.1, -0.05) is 13.0 Å². The standard InChI is InChI=1S/C29H44O7/c1-5-18-7-9-22-21-8-6-19-14-20(10-13-29(19,15-30)23(21)11-12-28(18,22)4)36-27-25(33)24(32)26(16(2)34-27)35-17(3)31/h5,15-16,18-27,32-33H,1,6-14H2,2-4H3/t16-,18-,19-,20-,21-,22-,23-,24-,25-,26+,27-,28+,29+/m0/s1. The van der Waals surface area contributed by atoms with Gasteiger partial charge in [-0.3, -0.25) is 4.79 Å². The Morgan fingerprint density at radius 3 is 2.53 bits per heavy atom. The molecule has 7 heteroatoms. The molecule has 4 saturated carbocycles. The summed E-state index contributed by atoms with van der Waals surface area (Å²) < 4.78 is 17.2. The number of rotatable bonds is 5. The van der Waals surface area contributed by atoms with Gasteiger partial charge in [0, 0.05) is 12.3 Å². The first-order chi connectivity index (χ1) is 17.1. The minimum atomic E-state index is -1.31. The largest absolute Gasteiger partial charge is 0.457 e. The molecule has 0 spiro atoms. The number of carbonyl (C=O) groups excluding carboxylic acids is 2. The molecule has 5 rings (SSSR count). The van der Waals surface area contributed by atoms with E-state index in [1.807, 2.05) is 0 Å². The molecule has 7 nitrogen and oxygen atoms in total. The Morgan fingerprint density at radius 1 is 1.06 bits per heavy atom. The number of hydrogen-bond donors (Lipinski definition) is 2. The summed E-state index contributed by atoms with van der Waals surface area (Å²) in [5, 5.41) is 21.2. The van der Waals surface area contributed by atoms with Crippen LogP contribution in [0.3, 0.4) is 0 Å². The van der Waals surface area contributed by atoms with Crippen LogP contribution in [0.2, 0.25) is 0 Å². The molecule has 0 bridgehead atoms. The lowest BCUT2D eigenvalue weighted by molar-refractivity contribution is -0.310. The van der Waals surface area contributed by atoms with E-state index in [-0.39, 0.29) is 17.4 Å². The van der Waals surface area contributed by atoms with Crippen molar-refractivity contribution in [2.75, 3.05) is 0 Å². The molecule has 2 N–H and O–H groups in total. The van der Waals surface area contributed by atoms with Crippen molar-refractivity contribution in [2.24, 2.45) is 40.4 Å². The predicted octanol–water partition coefficient (Wildman–Crippen LogP) is 3.79. The summed E-state index contributed by atoms with van der Waals surface area (Å²) in [6.45, 7) is 9.57. The van der Waals surface area contributed by atoms with E-state index >= 15 is 0 Å². The number of aliphatic hydroxyl groups excluding tert-OH is 2. The molecule has 202 valence electrons. The number of aldehydes is 1. The van der Waals surface area contributed by atoms with E-state index in [9.17, 15) is 19.8 Å². The van der Waals surface area contributed by atoms with Crippen LogP contribution in [0.25, 0.3) is 0 Å². The molecule has 5 fully saturated rings. The Balaban J connectivity index is 1.26. The molecule has 36 heavy (non-hydrogen) atoms. The maximum absolute atomic E-state index is 12.8. The van der Waals surface area contributed by atoms with Gasteiger partial charge in [0.1, 0.15) is 18.5 Å². The van der Waals surface area contributed by atoms with Crippen molar-refractivity contribution in [2.45, 2.75) is 115 Å². The monoisotopic (exact) mass is 504 g/mol. The van der Waals surface area contributed by atoms with E-state index in [0.717, 1.165) is 32.1 Å². The summed E-state index contributed by atoms with van der Waals surface area (Å²) in [7, 11) is 0. The zero-order chi connectivity index (χ0) is 25.8. The van der Waals surface area contributed by atoms with Gasteiger partial charge in [-0.05, 0) is 99.7 Å². The fourth-order valence-electron chi connectivity index (χ4n) is 9.35. The summed E-state index contributed by atoms with van der Waals surface area (Å²) >= 11 is 0. The Bertz CT molecular complexity index is 861. The lowest BCUT2D eigenvalue weighted by Gasteiger charge is -2.60. The SMILES string of the molecule is C=C[C@H]1CC[C@H]2[C@@H]3CC[C@H]4C[C@@H](O[C@@H]5O[C@@H](C)[C@@H](OC(C)=O)[C@@H](O)[C@@H]5O)CC[C@]4(C=O)[C@H]3CC[C@]12C. The number of esters is 1. The molecule has 1 heterocycles. The first-order valence-corrected chi connectivity index (χ1v) is 14.1. The zero-order valence-corrected chi connectivity index (χ0v) is 22.0. The first-order valence-electron chi connectivity index (χ1n) is 14.1. The molecule has 1 saturated heterocycles. The molecule has 5 aliphatic rings. The van der Waals surface area contributed by atoms with Crippen molar-refractivity contribution in [3.05, 3.63) is 12.7 Å². The average molecular weight is 505 g/mol.